The van der Waals surface area contributed by atoms with E-state index in [9.17, 15) is 9.59 Å². The molecule has 0 saturated heterocycles. The van der Waals surface area contributed by atoms with Gasteiger partial charge in [-0.3, -0.25) is 9.59 Å². The smallest absolute Gasteiger partial charge is 0.274 e. The number of nitrogens with zero attached hydrogens (tertiary/aromatic N) is 2. The molecule has 2 aromatic heterocycles. The molecule has 152 valence electrons. The van der Waals surface area contributed by atoms with Crippen LogP contribution >= 0.6 is 0 Å². The number of fused-ring (bicyclic) bond motifs is 1. The van der Waals surface area contributed by atoms with Gasteiger partial charge in [-0.1, -0.05) is 26.0 Å². The second-order valence-electron chi connectivity index (χ2n) is 8.63. The second-order valence-corrected chi connectivity index (χ2v) is 8.63. The quantitative estimate of drug-likeness (QED) is 0.690. The Kier molecular flexibility index (Phi) is 4.81. The van der Waals surface area contributed by atoms with Crippen LogP contribution in [0.2, 0.25) is 0 Å². The Hall–Kier alpha value is -2.89. The second kappa shape index (κ2) is 7.17. The third-order valence-corrected chi connectivity index (χ3v) is 6.04. The van der Waals surface area contributed by atoms with Gasteiger partial charge in [0.25, 0.3) is 11.5 Å². The molecule has 1 aliphatic rings. The average molecular weight is 393 g/mol. The van der Waals surface area contributed by atoms with Crippen molar-refractivity contribution in [2.75, 3.05) is 0 Å². The number of amides is 1. The maximum absolute atomic E-state index is 13.0. The van der Waals surface area contributed by atoms with Crippen molar-refractivity contribution in [3.8, 4) is 11.3 Å². The van der Waals surface area contributed by atoms with Crippen LogP contribution < -0.4 is 10.9 Å². The van der Waals surface area contributed by atoms with Crippen LogP contribution in [0.15, 0.2) is 29.2 Å². The summed E-state index contributed by atoms with van der Waals surface area (Å²) >= 11 is 0. The maximum atomic E-state index is 13.0. The van der Waals surface area contributed by atoms with Gasteiger partial charge in [-0.25, -0.2) is 4.52 Å². The highest BCUT2D eigenvalue weighted by atomic mass is 16.2. The van der Waals surface area contributed by atoms with Crippen molar-refractivity contribution >= 4 is 11.4 Å². The summed E-state index contributed by atoms with van der Waals surface area (Å²) < 4.78 is 1.59. The molecule has 4 rings (SSSR count). The molecule has 1 saturated carbocycles. The molecular weight excluding hydrogens is 364 g/mol. The van der Waals surface area contributed by atoms with Crippen LogP contribution in [0.4, 0.5) is 0 Å². The maximum Gasteiger partial charge on any atom is 0.274 e. The molecule has 2 heterocycles. The van der Waals surface area contributed by atoms with Crippen LogP contribution in [0.5, 0.6) is 0 Å². The predicted octanol–water partition coefficient (Wildman–Crippen LogP) is 3.96. The van der Waals surface area contributed by atoms with Crippen LogP contribution in [0.3, 0.4) is 0 Å². The lowest BCUT2D eigenvalue weighted by Crippen LogP contribution is -2.36. The number of aromatic amines is 1. The van der Waals surface area contributed by atoms with Gasteiger partial charge < -0.3 is 10.3 Å². The molecule has 0 aliphatic heterocycles. The molecule has 1 aromatic carbocycles. The van der Waals surface area contributed by atoms with Crippen LogP contribution in [-0.4, -0.2) is 26.5 Å². The van der Waals surface area contributed by atoms with Gasteiger partial charge in [0.2, 0.25) is 0 Å². The number of benzene rings is 1. The summed E-state index contributed by atoms with van der Waals surface area (Å²) in [5, 5.41) is 7.59. The number of hydrogen-bond acceptors (Lipinski definition) is 3. The van der Waals surface area contributed by atoms with Crippen LogP contribution in [-0.2, 0) is 0 Å². The molecule has 0 bridgehead atoms. The molecule has 29 heavy (non-hydrogen) atoms. The standard InChI is InChI=1S/C23H28N4O2/c1-12(2)15(5)24-22(28)20-19(16-8-9-16)21-23(29)25-18(11-27(21)26-20)17-7-6-13(3)14(4)10-17/h6-7,10-12,15-16H,8-9H2,1-5H3,(H,24,28)(H,25,29). The summed E-state index contributed by atoms with van der Waals surface area (Å²) in [6, 6.07) is 6.11. The lowest BCUT2D eigenvalue weighted by atomic mass is 10.0. The zero-order valence-corrected chi connectivity index (χ0v) is 17.7. The number of carbonyl (C=O) groups is 1. The fraction of sp³-hybridized carbons (Fsp3) is 0.435. The van der Waals surface area contributed by atoms with Crippen molar-refractivity contribution in [3.63, 3.8) is 0 Å². The van der Waals surface area contributed by atoms with Crippen molar-refractivity contribution in [2.45, 2.75) is 59.4 Å². The molecule has 6 heteroatoms. The van der Waals surface area contributed by atoms with Crippen molar-refractivity contribution in [3.05, 3.63) is 57.1 Å². The molecule has 1 aliphatic carbocycles. The van der Waals surface area contributed by atoms with E-state index < -0.39 is 0 Å². The van der Waals surface area contributed by atoms with Crippen molar-refractivity contribution in [1.29, 1.82) is 0 Å². The first kappa shape index (κ1) is 19.4. The Balaban J connectivity index is 1.83. The molecule has 0 spiro atoms. The monoisotopic (exact) mass is 392 g/mol. The highest BCUT2D eigenvalue weighted by Crippen LogP contribution is 2.43. The fourth-order valence-electron chi connectivity index (χ4n) is 3.53. The number of nitrogens with one attached hydrogen (secondary N) is 2. The van der Waals surface area contributed by atoms with E-state index in [1.165, 1.54) is 5.56 Å². The summed E-state index contributed by atoms with van der Waals surface area (Å²) in [6.07, 6.45) is 3.79. The Morgan fingerprint density at radius 2 is 1.93 bits per heavy atom. The summed E-state index contributed by atoms with van der Waals surface area (Å²) in [5.74, 6) is 0.347. The Labute approximate surface area is 170 Å². The average Bonchev–Trinajstić information content (AvgIpc) is 3.43. The van der Waals surface area contributed by atoms with Gasteiger partial charge >= 0.3 is 0 Å². The zero-order valence-electron chi connectivity index (χ0n) is 17.7. The Morgan fingerprint density at radius 1 is 1.21 bits per heavy atom. The largest absolute Gasteiger partial charge is 0.348 e. The minimum absolute atomic E-state index is 0.0312. The number of aryl methyl sites for hydroxylation is 2. The third-order valence-electron chi connectivity index (χ3n) is 6.04. The first-order valence-electron chi connectivity index (χ1n) is 10.3. The number of carbonyl (C=O) groups excluding carboxylic acids is 1. The lowest BCUT2D eigenvalue weighted by Gasteiger charge is -2.16. The molecule has 3 aromatic rings. The summed E-state index contributed by atoms with van der Waals surface area (Å²) in [7, 11) is 0. The number of hydrogen-bond donors (Lipinski definition) is 2. The topological polar surface area (TPSA) is 79.3 Å². The molecular formula is C23H28N4O2. The van der Waals surface area contributed by atoms with Gasteiger partial charge in [0, 0.05) is 11.6 Å². The van der Waals surface area contributed by atoms with Crippen LogP contribution in [0.1, 0.15) is 66.7 Å². The van der Waals surface area contributed by atoms with E-state index >= 15 is 0 Å². The molecule has 1 amide bonds. The van der Waals surface area contributed by atoms with Gasteiger partial charge in [-0.05, 0) is 68.2 Å². The van der Waals surface area contributed by atoms with Crippen molar-refractivity contribution in [1.82, 2.24) is 19.9 Å². The minimum atomic E-state index is -0.205. The van der Waals surface area contributed by atoms with E-state index in [4.69, 9.17) is 0 Å². The Bertz CT molecular complexity index is 1150. The summed E-state index contributed by atoms with van der Waals surface area (Å²) in [4.78, 5) is 28.9. The van der Waals surface area contributed by atoms with E-state index in [0.29, 0.717) is 22.8 Å². The first-order valence-corrected chi connectivity index (χ1v) is 10.3. The molecule has 2 N–H and O–H groups in total. The Morgan fingerprint density at radius 3 is 2.55 bits per heavy atom. The number of H-pyrrole nitrogens is 1. The molecule has 6 nitrogen and oxygen atoms in total. The van der Waals surface area contributed by atoms with E-state index in [2.05, 4.69) is 42.2 Å². The van der Waals surface area contributed by atoms with Crippen molar-refractivity contribution in [2.24, 2.45) is 5.92 Å². The number of aromatic nitrogens is 3. The highest BCUT2D eigenvalue weighted by molar-refractivity contribution is 5.96. The molecule has 1 atom stereocenters. The summed E-state index contributed by atoms with van der Waals surface area (Å²) in [6.45, 7) is 10.2. The van der Waals surface area contributed by atoms with Gasteiger partial charge in [0.05, 0.1) is 11.9 Å². The molecule has 1 fully saturated rings. The predicted molar refractivity (Wildman–Crippen MR) is 114 cm³/mol. The molecule has 1 unspecified atom stereocenters. The van der Waals surface area contributed by atoms with E-state index in [1.54, 1.807) is 4.52 Å². The van der Waals surface area contributed by atoms with Gasteiger partial charge in [0.15, 0.2) is 5.69 Å². The van der Waals surface area contributed by atoms with E-state index in [0.717, 1.165) is 29.5 Å². The summed E-state index contributed by atoms with van der Waals surface area (Å²) in [5.41, 5.74) is 5.42. The SMILES string of the molecule is Cc1ccc(-c2cn3nc(C(=O)NC(C)C(C)C)c(C4CC4)c3c(=O)[nH]2)cc1C. The third kappa shape index (κ3) is 3.59. The highest BCUT2D eigenvalue weighted by Gasteiger charge is 2.34. The van der Waals surface area contributed by atoms with Gasteiger partial charge in [-0.15, -0.1) is 0 Å². The minimum Gasteiger partial charge on any atom is -0.348 e. The van der Waals surface area contributed by atoms with E-state index in [1.807, 2.05) is 32.2 Å². The van der Waals surface area contributed by atoms with E-state index in [-0.39, 0.29) is 23.4 Å². The van der Waals surface area contributed by atoms with Gasteiger partial charge in [-0.2, -0.15) is 5.10 Å². The van der Waals surface area contributed by atoms with Crippen molar-refractivity contribution < 1.29 is 4.79 Å². The molecule has 0 radical (unpaired) electrons. The normalized spacial score (nSPS) is 15.1. The number of rotatable bonds is 5. The fourth-order valence-corrected chi connectivity index (χ4v) is 3.53. The van der Waals surface area contributed by atoms with Crippen LogP contribution in [0, 0.1) is 19.8 Å². The van der Waals surface area contributed by atoms with Gasteiger partial charge in [0.1, 0.15) is 5.52 Å². The lowest BCUT2D eigenvalue weighted by molar-refractivity contribution is 0.0924. The zero-order chi connectivity index (χ0) is 20.9. The van der Waals surface area contributed by atoms with Crippen LogP contribution in [0.25, 0.3) is 16.8 Å². The first-order chi connectivity index (χ1) is 13.8.